The van der Waals surface area contributed by atoms with E-state index in [0.717, 1.165) is 24.5 Å². The summed E-state index contributed by atoms with van der Waals surface area (Å²) in [4.78, 5) is 10.7. The molecule has 1 saturated heterocycles. The van der Waals surface area contributed by atoms with E-state index in [9.17, 15) is 4.79 Å². The van der Waals surface area contributed by atoms with Crippen molar-refractivity contribution >= 4 is 12.0 Å². The molecule has 2 aliphatic carbocycles. The average Bonchev–Trinajstić information content (AvgIpc) is 2.94. The summed E-state index contributed by atoms with van der Waals surface area (Å²) in [6.45, 7) is 3.24. The lowest BCUT2D eigenvalue weighted by atomic mass is 9.59. The van der Waals surface area contributed by atoms with Gasteiger partial charge in [0, 0.05) is 12.7 Å². The van der Waals surface area contributed by atoms with Crippen LogP contribution in [-0.2, 0) is 16.0 Å². The van der Waals surface area contributed by atoms with Crippen molar-refractivity contribution in [1.29, 1.82) is 0 Å². The first-order valence-electron chi connectivity index (χ1n) is 8.75. The van der Waals surface area contributed by atoms with E-state index in [4.69, 9.17) is 9.84 Å². The summed E-state index contributed by atoms with van der Waals surface area (Å²) < 4.78 is 6.09. The maximum Gasteiger partial charge on any atom is 0.328 e. The number of hydrogen-bond acceptors (Lipinski definition) is 2. The number of hydrogen-bond donors (Lipinski definition) is 1. The topological polar surface area (TPSA) is 46.5 Å². The van der Waals surface area contributed by atoms with E-state index in [-0.39, 0.29) is 5.60 Å². The predicted molar refractivity (Wildman–Crippen MR) is 89.4 cm³/mol. The Morgan fingerprint density at radius 2 is 2.22 bits per heavy atom. The fourth-order valence-corrected chi connectivity index (χ4v) is 5.28. The number of carboxylic acid groups (broad SMARTS) is 1. The Labute approximate surface area is 137 Å². The van der Waals surface area contributed by atoms with Gasteiger partial charge >= 0.3 is 5.97 Å². The summed E-state index contributed by atoms with van der Waals surface area (Å²) in [5.74, 6) is 1.23. The van der Waals surface area contributed by atoms with E-state index in [1.807, 2.05) is 0 Å². The molecule has 0 bridgehead atoms. The van der Waals surface area contributed by atoms with Gasteiger partial charge in [0.25, 0.3) is 0 Å². The minimum absolute atomic E-state index is 0.114. The molecule has 0 spiro atoms. The smallest absolute Gasteiger partial charge is 0.328 e. The van der Waals surface area contributed by atoms with E-state index in [1.165, 1.54) is 42.9 Å². The van der Waals surface area contributed by atoms with Crippen molar-refractivity contribution < 1.29 is 14.6 Å². The summed E-state index contributed by atoms with van der Waals surface area (Å²) >= 11 is 0. The van der Waals surface area contributed by atoms with Gasteiger partial charge in [0.2, 0.25) is 0 Å². The molecule has 0 aromatic heterocycles. The van der Waals surface area contributed by atoms with Crippen molar-refractivity contribution in [3.05, 3.63) is 41.0 Å². The summed E-state index contributed by atoms with van der Waals surface area (Å²) in [6.07, 6.45) is 8.86. The first kappa shape index (κ1) is 14.9. The highest BCUT2D eigenvalue weighted by atomic mass is 16.5. The lowest BCUT2D eigenvalue weighted by molar-refractivity contribution is -0.131. The molecule has 3 heteroatoms. The molecule has 1 aromatic rings. The lowest BCUT2D eigenvalue weighted by Crippen LogP contribution is -2.44. The van der Waals surface area contributed by atoms with Crippen LogP contribution in [0.15, 0.2) is 24.3 Å². The summed E-state index contributed by atoms with van der Waals surface area (Å²) in [7, 11) is 0. The van der Waals surface area contributed by atoms with Gasteiger partial charge in [0.1, 0.15) is 0 Å². The van der Waals surface area contributed by atoms with Crippen LogP contribution in [0.2, 0.25) is 0 Å². The second-order valence-corrected chi connectivity index (χ2v) is 7.53. The third kappa shape index (κ3) is 2.51. The maximum absolute atomic E-state index is 10.7. The van der Waals surface area contributed by atoms with Crippen LogP contribution >= 0.6 is 0 Å². The standard InChI is InChI=1S/C20H24O3/c1-20-10-8-16-15-5-2-13(3-7-19(21)22)12-14(15)4-6-17(16)18(20)9-11-23-20/h2-3,5,7,12,16-18H,4,6,8-11H2,1H3,(H,21,22)/t16?,17?,18?,20-/m0/s1. The van der Waals surface area contributed by atoms with E-state index in [2.05, 4.69) is 25.1 Å². The molecule has 122 valence electrons. The van der Waals surface area contributed by atoms with Crippen LogP contribution in [0.25, 0.3) is 6.08 Å². The Bertz CT molecular complexity index is 663. The molecule has 1 heterocycles. The van der Waals surface area contributed by atoms with Gasteiger partial charge in [-0.15, -0.1) is 0 Å². The molecule has 1 N–H and O–H groups in total. The number of rotatable bonds is 2. The number of carboxylic acids is 1. The molecule has 1 saturated carbocycles. The number of benzene rings is 1. The Hall–Kier alpha value is -1.61. The van der Waals surface area contributed by atoms with Gasteiger partial charge in [0.15, 0.2) is 0 Å². The number of carbonyl (C=O) groups is 1. The van der Waals surface area contributed by atoms with Crippen LogP contribution in [0.5, 0.6) is 0 Å². The fraction of sp³-hybridized carbons (Fsp3) is 0.550. The average molecular weight is 312 g/mol. The lowest BCUT2D eigenvalue weighted by Gasteiger charge is -2.48. The van der Waals surface area contributed by atoms with E-state index in [1.54, 1.807) is 6.08 Å². The van der Waals surface area contributed by atoms with Crippen LogP contribution in [0, 0.1) is 11.8 Å². The van der Waals surface area contributed by atoms with Gasteiger partial charge in [-0.1, -0.05) is 18.2 Å². The number of aliphatic carboxylic acids is 1. The molecule has 0 radical (unpaired) electrons. The molecule has 1 aliphatic heterocycles. The number of ether oxygens (including phenoxy) is 1. The van der Waals surface area contributed by atoms with E-state index >= 15 is 0 Å². The minimum atomic E-state index is -0.893. The maximum atomic E-state index is 10.7. The quantitative estimate of drug-likeness (QED) is 0.839. The third-order valence-electron chi connectivity index (χ3n) is 6.36. The summed E-state index contributed by atoms with van der Waals surface area (Å²) in [5, 5.41) is 8.78. The molecular weight excluding hydrogens is 288 g/mol. The Balaban J connectivity index is 1.62. The first-order valence-corrected chi connectivity index (χ1v) is 8.75. The zero-order valence-electron chi connectivity index (χ0n) is 13.6. The van der Waals surface area contributed by atoms with Crippen LogP contribution in [0.1, 0.15) is 55.2 Å². The normalized spacial score (nSPS) is 35.6. The van der Waals surface area contributed by atoms with Crippen LogP contribution in [0.3, 0.4) is 0 Å². The first-order chi connectivity index (χ1) is 11.1. The largest absolute Gasteiger partial charge is 0.478 e. The van der Waals surface area contributed by atoms with E-state index < -0.39 is 5.97 Å². The van der Waals surface area contributed by atoms with E-state index in [0.29, 0.717) is 11.8 Å². The third-order valence-corrected chi connectivity index (χ3v) is 6.36. The zero-order chi connectivity index (χ0) is 16.0. The Morgan fingerprint density at radius 3 is 3.04 bits per heavy atom. The van der Waals surface area contributed by atoms with Gasteiger partial charge in [-0.3, -0.25) is 0 Å². The van der Waals surface area contributed by atoms with Crippen LogP contribution in [-0.4, -0.2) is 23.3 Å². The second-order valence-electron chi connectivity index (χ2n) is 7.53. The molecule has 4 atom stereocenters. The van der Waals surface area contributed by atoms with Crippen LogP contribution in [0.4, 0.5) is 0 Å². The monoisotopic (exact) mass is 312 g/mol. The highest BCUT2D eigenvalue weighted by Crippen LogP contribution is 2.55. The Kier molecular flexibility index (Phi) is 3.56. The molecule has 2 fully saturated rings. The van der Waals surface area contributed by atoms with Gasteiger partial charge in [0.05, 0.1) is 5.60 Å². The molecular formula is C20H24O3. The van der Waals surface area contributed by atoms with Gasteiger partial charge < -0.3 is 9.84 Å². The van der Waals surface area contributed by atoms with Crippen molar-refractivity contribution in [1.82, 2.24) is 0 Å². The van der Waals surface area contributed by atoms with Crippen molar-refractivity contribution in [2.45, 2.75) is 50.5 Å². The molecule has 4 rings (SSSR count). The van der Waals surface area contributed by atoms with Crippen molar-refractivity contribution in [2.24, 2.45) is 11.8 Å². The molecule has 3 unspecified atom stereocenters. The highest BCUT2D eigenvalue weighted by Gasteiger charge is 2.51. The zero-order valence-corrected chi connectivity index (χ0v) is 13.6. The van der Waals surface area contributed by atoms with Gasteiger partial charge in [-0.05, 0) is 79.5 Å². The molecule has 0 amide bonds. The minimum Gasteiger partial charge on any atom is -0.478 e. The highest BCUT2D eigenvalue weighted by molar-refractivity contribution is 5.85. The van der Waals surface area contributed by atoms with Crippen molar-refractivity contribution in [3.8, 4) is 0 Å². The Morgan fingerprint density at radius 1 is 1.35 bits per heavy atom. The molecule has 1 aromatic carbocycles. The predicted octanol–water partition coefficient (Wildman–Crippen LogP) is 4.02. The summed E-state index contributed by atoms with van der Waals surface area (Å²) in [5.41, 5.74) is 4.03. The molecule has 23 heavy (non-hydrogen) atoms. The second kappa shape index (κ2) is 5.48. The van der Waals surface area contributed by atoms with Crippen molar-refractivity contribution in [2.75, 3.05) is 6.61 Å². The molecule has 3 nitrogen and oxygen atoms in total. The fourth-order valence-electron chi connectivity index (χ4n) is 5.28. The summed E-state index contributed by atoms with van der Waals surface area (Å²) in [6, 6.07) is 6.50. The van der Waals surface area contributed by atoms with Gasteiger partial charge in [-0.2, -0.15) is 0 Å². The SMILES string of the molecule is C[C@]12CCC3c4ccc(C=CC(=O)O)cc4CCC3C1CCO2. The molecule has 3 aliphatic rings. The van der Waals surface area contributed by atoms with Gasteiger partial charge in [-0.25, -0.2) is 4.79 Å². The number of fused-ring (bicyclic) bond motifs is 5. The van der Waals surface area contributed by atoms with Crippen molar-refractivity contribution in [3.63, 3.8) is 0 Å². The number of aryl methyl sites for hydroxylation is 1. The van der Waals surface area contributed by atoms with Crippen LogP contribution < -0.4 is 0 Å².